The second-order valence-electron chi connectivity index (χ2n) is 6.16. The van der Waals surface area contributed by atoms with Gasteiger partial charge in [-0.3, -0.25) is 9.48 Å². The largest absolute Gasteiger partial charge is 0.488 e. The van der Waals surface area contributed by atoms with Crippen LogP contribution in [0, 0.1) is 0 Å². The number of carbonyl (C=O) groups excluding carboxylic acids is 1. The van der Waals surface area contributed by atoms with E-state index in [0.717, 1.165) is 31.4 Å². The number of amides is 1. The third kappa shape index (κ3) is 4.59. The summed E-state index contributed by atoms with van der Waals surface area (Å²) in [6.07, 6.45) is 6.40. The van der Waals surface area contributed by atoms with Crippen molar-refractivity contribution in [2.75, 3.05) is 0 Å². The Balaban J connectivity index is 1.58. The molecule has 1 saturated carbocycles. The number of benzene rings is 1. The molecule has 0 saturated heterocycles. The summed E-state index contributed by atoms with van der Waals surface area (Å²) in [5, 5.41) is 15.8. The van der Waals surface area contributed by atoms with Gasteiger partial charge in [0.05, 0.1) is 17.8 Å². The summed E-state index contributed by atoms with van der Waals surface area (Å²) in [5.74, 6) is -0.462. The first-order valence-corrected chi connectivity index (χ1v) is 8.38. The van der Waals surface area contributed by atoms with Gasteiger partial charge in [0.25, 0.3) is 0 Å². The maximum atomic E-state index is 12.3. The molecule has 1 aliphatic carbocycles. The SMILES string of the molecule is O=C(Cn1cc(C(=O)O)cn1)N[C@@H]1CCCC[C@@H]1Oc1ccccc1. The fraction of sp³-hybridized carbons (Fsp3) is 0.389. The highest BCUT2D eigenvalue weighted by Crippen LogP contribution is 2.23. The van der Waals surface area contributed by atoms with Gasteiger partial charge >= 0.3 is 5.97 Å². The van der Waals surface area contributed by atoms with Gasteiger partial charge in [0.1, 0.15) is 18.4 Å². The molecular formula is C18H21N3O4. The van der Waals surface area contributed by atoms with Crippen molar-refractivity contribution >= 4 is 11.9 Å². The maximum Gasteiger partial charge on any atom is 0.338 e. The summed E-state index contributed by atoms with van der Waals surface area (Å²) < 4.78 is 7.37. The lowest BCUT2D eigenvalue weighted by Gasteiger charge is -2.32. The summed E-state index contributed by atoms with van der Waals surface area (Å²) in [6, 6.07) is 9.53. The summed E-state index contributed by atoms with van der Waals surface area (Å²) in [4.78, 5) is 23.1. The Morgan fingerprint density at radius 3 is 2.72 bits per heavy atom. The van der Waals surface area contributed by atoms with Crippen LogP contribution in [0.1, 0.15) is 36.0 Å². The lowest BCUT2D eigenvalue weighted by molar-refractivity contribution is -0.123. The Morgan fingerprint density at radius 2 is 2.00 bits per heavy atom. The minimum atomic E-state index is -1.06. The van der Waals surface area contributed by atoms with Crippen LogP contribution in [0.3, 0.4) is 0 Å². The molecule has 0 spiro atoms. The number of aromatic nitrogens is 2. The zero-order valence-corrected chi connectivity index (χ0v) is 13.8. The number of rotatable bonds is 6. The summed E-state index contributed by atoms with van der Waals surface area (Å²) >= 11 is 0. The molecule has 1 heterocycles. The van der Waals surface area contributed by atoms with Gasteiger partial charge in [-0.15, -0.1) is 0 Å². The molecule has 7 heteroatoms. The van der Waals surface area contributed by atoms with E-state index < -0.39 is 5.97 Å². The van der Waals surface area contributed by atoms with Crippen molar-refractivity contribution in [3.63, 3.8) is 0 Å². The quantitative estimate of drug-likeness (QED) is 0.838. The average Bonchev–Trinajstić information content (AvgIpc) is 3.06. The van der Waals surface area contributed by atoms with Gasteiger partial charge in [-0.2, -0.15) is 5.10 Å². The molecule has 3 rings (SSSR count). The fourth-order valence-electron chi connectivity index (χ4n) is 3.04. The zero-order chi connectivity index (χ0) is 17.6. The van der Waals surface area contributed by atoms with Crippen molar-refractivity contribution in [3.05, 3.63) is 48.3 Å². The van der Waals surface area contributed by atoms with E-state index in [1.54, 1.807) is 0 Å². The van der Waals surface area contributed by atoms with Gasteiger partial charge in [-0.25, -0.2) is 4.79 Å². The molecule has 0 bridgehead atoms. The summed E-state index contributed by atoms with van der Waals surface area (Å²) in [7, 11) is 0. The Hall–Kier alpha value is -2.83. The van der Waals surface area contributed by atoms with E-state index >= 15 is 0 Å². The number of ether oxygens (including phenoxy) is 1. The van der Waals surface area contributed by atoms with Crippen molar-refractivity contribution in [2.24, 2.45) is 0 Å². The van der Waals surface area contributed by atoms with E-state index in [1.165, 1.54) is 17.1 Å². The minimum Gasteiger partial charge on any atom is -0.488 e. The number of hydrogen-bond acceptors (Lipinski definition) is 4. The van der Waals surface area contributed by atoms with Crippen molar-refractivity contribution in [3.8, 4) is 5.75 Å². The predicted molar refractivity (Wildman–Crippen MR) is 90.4 cm³/mol. The molecular weight excluding hydrogens is 322 g/mol. The fourth-order valence-corrected chi connectivity index (χ4v) is 3.04. The van der Waals surface area contributed by atoms with E-state index in [1.807, 2.05) is 30.3 Å². The number of carboxylic acids is 1. The number of carboxylic acid groups (broad SMARTS) is 1. The van der Waals surface area contributed by atoms with Gasteiger partial charge in [-0.1, -0.05) is 24.6 Å². The molecule has 132 valence electrons. The van der Waals surface area contributed by atoms with E-state index in [2.05, 4.69) is 10.4 Å². The van der Waals surface area contributed by atoms with Crippen LogP contribution in [0.5, 0.6) is 5.75 Å². The van der Waals surface area contributed by atoms with Crippen LogP contribution in [-0.4, -0.2) is 38.9 Å². The molecule has 1 aromatic heterocycles. The summed E-state index contributed by atoms with van der Waals surface area (Å²) in [6.45, 7) is -0.0121. The molecule has 2 aromatic rings. The van der Waals surface area contributed by atoms with E-state index in [4.69, 9.17) is 9.84 Å². The van der Waals surface area contributed by atoms with Gasteiger partial charge < -0.3 is 15.2 Å². The smallest absolute Gasteiger partial charge is 0.338 e. The second-order valence-corrected chi connectivity index (χ2v) is 6.16. The van der Waals surface area contributed by atoms with E-state index in [9.17, 15) is 9.59 Å². The van der Waals surface area contributed by atoms with Gasteiger partial charge in [0.15, 0.2) is 0 Å². The van der Waals surface area contributed by atoms with Crippen LogP contribution in [0.2, 0.25) is 0 Å². The normalized spacial score (nSPS) is 20.0. The topological polar surface area (TPSA) is 93.5 Å². The lowest BCUT2D eigenvalue weighted by atomic mass is 9.92. The van der Waals surface area contributed by atoms with Crippen LogP contribution in [-0.2, 0) is 11.3 Å². The molecule has 7 nitrogen and oxygen atoms in total. The van der Waals surface area contributed by atoms with E-state index in [-0.39, 0.29) is 30.2 Å². The Kier molecular flexibility index (Phi) is 5.33. The standard InChI is InChI=1S/C18H21N3O4/c22-17(12-21-11-13(10-19-21)18(23)24)20-15-8-4-5-9-16(15)25-14-6-2-1-3-7-14/h1-3,6-7,10-11,15-16H,4-5,8-9,12H2,(H,20,22)(H,23,24)/t15-,16+/m1/s1. The first-order valence-electron chi connectivity index (χ1n) is 8.38. The second kappa shape index (κ2) is 7.83. The molecule has 25 heavy (non-hydrogen) atoms. The molecule has 2 N–H and O–H groups in total. The molecule has 1 fully saturated rings. The Labute approximate surface area is 145 Å². The monoisotopic (exact) mass is 343 g/mol. The van der Waals surface area contributed by atoms with Crippen molar-refractivity contribution in [1.82, 2.24) is 15.1 Å². The van der Waals surface area contributed by atoms with Crippen molar-refractivity contribution in [2.45, 2.75) is 44.4 Å². The molecule has 0 radical (unpaired) electrons. The van der Waals surface area contributed by atoms with Gasteiger partial charge in [-0.05, 0) is 31.4 Å². The van der Waals surface area contributed by atoms with Gasteiger partial charge in [0, 0.05) is 6.20 Å². The van der Waals surface area contributed by atoms with Crippen LogP contribution in [0.25, 0.3) is 0 Å². The van der Waals surface area contributed by atoms with Gasteiger partial charge in [0.2, 0.25) is 5.91 Å². The molecule has 0 unspecified atom stereocenters. The number of hydrogen-bond donors (Lipinski definition) is 2. The molecule has 2 atom stereocenters. The summed E-state index contributed by atoms with van der Waals surface area (Å²) in [5.41, 5.74) is 0.0655. The van der Waals surface area contributed by atoms with Crippen molar-refractivity contribution < 1.29 is 19.4 Å². The number of nitrogens with zero attached hydrogens (tertiary/aromatic N) is 2. The first kappa shape index (κ1) is 17.0. The highest BCUT2D eigenvalue weighted by molar-refractivity contribution is 5.87. The molecule has 0 aliphatic heterocycles. The minimum absolute atomic E-state index is 0.0121. The third-order valence-electron chi connectivity index (χ3n) is 4.27. The first-order chi connectivity index (χ1) is 12.1. The highest BCUT2D eigenvalue weighted by Gasteiger charge is 2.28. The Morgan fingerprint density at radius 1 is 1.24 bits per heavy atom. The molecule has 1 aliphatic rings. The lowest BCUT2D eigenvalue weighted by Crippen LogP contribution is -2.48. The van der Waals surface area contributed by atoms with Crippen LogP contribution < -0.4 is 10.1 Å². The number of para-hydroxylation sites is 1. The molecule has 1 amide bonds. The van der Waals surface area contributed by atoms with E-state index in [0.29, 0.717) is 0 Å². The number of aromatic carboxylic acids is 1. The average molecular weight is 343 g/mol. The molecule has 1 aromatic carbocycles. The zero-order valence-electron chi connectivity index (χ0n) is 13.8. The van der Waals surface area contributed by atoms with Crippen LogP contribution in [0.15, 0.2) is 42.7 Å². The number of nitrogens with one attached hydrogen (secondary N) is 1. The highest BCUT2D eigenvalue weighted by atomic mass is 16.5. The number of carbonyl (C=O) groups is 2. The third-order valence-corrected chi connectivity index (χ3v) is 4.27. The predicted octanol–water partition coefficient (Wildman–Crippen LogP) is 2.09. The van der Waals surface area contributed by atoms with Crippen LogP contribution in [0.4, 0.5) is 0 Å². The van der Waals surface area contributed by atoms with Crippen molar-refractivity contribution in [1.29, 1.82) is 0 Å². The maximum absolute atomic E-state index is 12.3. The van der Waals surface area contributed by atoms with Crippen LogP contribution >= 0.6 is 0 Å². The Bertz CT molecular complexity index is 729.